The van der Waals surface area contributed by atoms with Crippen molar-refractivity contribution in [3.05, 3.63) is 23.8 Å². The van der Waals surface area contributed by atoms with Crippen molar-refractivity contribution in [2.45, 2.75) is 142 Å². The van der Waals surface area contributed by atoms with Crippen LogP contribution in [0.5, 0.6) is 11.8 Å². The zero-order chi connectivity index (χ0) is 22.7. The molecule has 0 aliphatic heterocycles. The van der Waals surface area contributed by atoms with Gasteiger partial charge in [-0.1, -0.05) is 122 Å². The normalized spacial score (nSPS) is 13.1. The van der Waals surface area contributed by atoms with E-state index in [-0.39, 0.29) is 17.8 Å². The van der Waals surface area contributed by atoms with Crippen molar-refractivity contribution in [3.63, 3.8) is 0 Å². The molecular formula is C28H51NO2. The first-order valence-electron chi connectivity index (χ1n) is 13.4. The van der Waals surface area contributed by atoms with Gasteiger partial charge in [0.2, 0.25) is 0 Å². The van der Waals surface area contributed by atoms with Crippen LogP contribution < -0.4 is 0 Å². The van der Waals surface area contributed by atoms with Crippen LogP contribution in [-0.4, -0.2) is 14.8 Å². The lowest BCUT2D eigenvalue weighted by atomic mass is 9.98. The summed E-state index contributed by atoms with van der Waals surface area (Å²) in [5, 5.41) is 20.5. The Balaban J connectivity index is 2.38. The number of hydrogen-bond donors (Lipinski definition) is 2. The van der Waals surface area contributed by atoms with Crippen molar-refractivity contribution in [1.29, 1.82) is 0 Å². The summed E-state index contributed by atoms with van der Waals surface area (Å²) in [7, 11) is 0. The molecule has 1 unspecified atom stereocenters. The van der Waals surface area contributed by atoms with Gasteiger partial charge in [0.25, 0.3) is 0 Å². The zero-order valence-electron chi connectivity index (χ0n) is 20.9. The van der Waals surface area contributed by atoms with E-state index in [0.717, 1.165) is 19.3 Å². The topological polar surface area (TPSA) is 45.4 Å². The number of unbranched alkanes of at least 4 members (excludes halogenated alkanes) is 15. The highest BCUT2D eigenvalue weighted by Crippen LogP contribution is 2.34. The Morgan fingerprint density at radius 2 is 1.13 bits per heavy atom. The molecule has 1 aromatic rings. The summed E-state index contributed by atoms with van der Waals surface area (Å²) in [5.74, 6) is 0.336. The predicted octanol–water partition coefficient (Wildman–Crippen LogP) is 9.45. The van der Waals surface area contributed by atoms with Crippen LogP contribution in [-0.2, 0) is 0 Å². The minimum absolute atomic E-state index is 0.0595. The molecular weight excluding hydrogens is 382 g/mol. The van der Waals surface area contributed by atoms with Gasteiger partial charge in [0.1, 0.15) is 0 Å². The number of nitrogens with zero attached hydrogens (tertiary/aromatic N) is 1. The molecule has 1 heterocycles. The summed E-state index contributed by atoms with van der Waals surface area (Å²) in [4.78, 5) is 0. The molecule has 2 N–H and O–H groups in total. The van der Waals surface area contributed by atoms with Gasteiger partial charge in [-0.2, -0.15) is 0 Å². The van der Waals surface area contributed by atoms with Crippen molar-refractivity contribution >= 4 is 0 Å². The molecule has 1 rings (SSSR count). The number of allylic oxidation sites excluding steroid dienone is 2. The average Bonchev–Trinajstić information content (AvgIpc) is 3.09. The van der Waals surface area contributed by atoms with Gasteiger partial charge in [0.15, 0.2) is 11.8 Å². The highest BCUT2D eigenvalue weighted by Gasteiger charge is 2.19. The van der Waals surface area contributed by atoms with Crippen LogP contribution in [0.3, 0.4) is 0 Å². The maximum absolute atomic E-state index is 10.3. The monoisotopic (exact) mass is 433 g/mol. The highest BCUT2D eigenvalue weighted by atomic mass is 16.3. The van der Waals surface area contributed by atoms with Crippen LogP contribution >= 0.6 is 0 Å². The van der Waals surface area contributed by atoms with E-state index in [1.807, 2.05) is 0 Å². The van der Waals surface area contributed by atoms with Crippen molar-refractivity contribution in [2.75, 3.05) is 0 Å². The maximum Gasteiger partial charge on any atom is 0.194 e. The quantitative estimate of drug-likeness (QED) is 0.159. The fourth-order valence-corrected chi connectivity index (χ4v) is 4.52. The second-order valence-electron chi connectivity index (χ2n) is 9.41. The SMILES string of the molecule is CCCCCCCC=C(C)C(CCCCCCCCCCCCC)n1c(O)ccc1O. The fraction of sp³-hybridized carbons (Fsp3) is 0.786. The maximum atomic E-state index is 10.3. The van der Waals surface area contributed by atoms with Gasteiger partial charge >= 0.3 is 0 Å². The van der Waals surface area contributed by atoms with Crippen LogP contribution in [0.4, 0.5) is 0 Å². The van der Waals surface area contributed by atoms with Crippen molar-refractivity contribution in [3.8, 4) is 11.8 Å². The average molecular weight is 434 g/mol. The summed E-state index contributed by atoms with van der Waals surface area (Å²) in [6.07, 6.45) is 25.5. The Morgan fingerprint density at radius 3 is 1.61 bits per heavy atom. The van der Waals surface area contributed by atoms with E-state index >= 15 is 0 Å². The Bertz CT molecular complexity index is 556. The molecule has 1 atom stereocenters. The van der Waals surface area contributed by atoms with Crippen LogP contribution in [0.2, 0.25) is 0 Å². The highest BCUT2D eigenvalue weighted by molar-refractivity contribution is 5.28. The van der Waals surface area contributed by atoms with Gasteiger partial charge < -0.3 is 10.2 Å². The molecule has 0 radical (unpaired) electrons. The first kappa shape index (κ1) is 27.7. The third-order valence-corrected chi connectivity index (χ3v) is 6.57. The van der Waals surface area contributed by atoms with Gasteiger partial charge in [-0.25, -0.2) is 0 Å². The van der Waals surface area contributed by atoms with Gasteiger partial charge in [-0.05, 0) is 26.2 Å². The van der Waals surface area contributed by atoms with E-state index in [1.54, 1.807) is 16.7 Å². The van der Waals surface area contributed by atoms with Crippen LogP contribution in [0.15, 0.2) is 23.8 Å². The molecule has 3 nitrogen and oxygen atoms in total. The molecule has 0 aliphatic rings. The summed E-state index contributed by atoms with van der Waals surface area (Å²) in [6, 6.07) is 3.26. The zero-order valence-corrected chi connectivity index (χ0v) is 20.9. The summed E-state index contributed by atoms with van der Waals surface area (Å²) < 4.78 is 1.71. The minimum atomic E-state index is 0.0595. The molecule has 0 aromatic carbocycles. The van der Waals surface area contributed by atoms with E-state index < -0.39 is 0 Å². The Labute approximate surface area is 193 Å². The lowest BCUT2D eigenvalue weighted by Gasteiger charge is -2.22. The Hall–Kier alpha value is -1.38. The molecule has 0 aliphatic carbocycles. The van der Waals surface area contributed by atoms with Gasteiger partial charge in [-0.3, -0.25) is 4.57 Å². The summed E-state index contributed by atoms with van der Waals surface area (Å²) in [5.41, 5.74) is 1.27. The van der Waals surface area contributed by atoms with E-state index in [4.69, 9.17) is 0 Å². The molecule has 0 fully saturated rings. The number of rotatable bonds is 20. The molecule has 1 aromatic heterocycles. The van der Waals surface area contributed by atoms with Crippen molar-refractivity contribution in [1.82, 2.24) is 4.57 Å². The lowest BCUT2D eigenvalue weighted by Crippen LogP contribution is -2.10. The fourth-order valence-electron chi connectivity index (χ4n) is 4.52. The van der Waals surface area contributed by atoms with Gasteiger partial charge in [-0.15, -0.1) is 0 Å². The second-order valence-corrected chi connectivity index (χ2v) is 9.41. The molecule has 0 saturated heterocycles. The number of hydrogen-bond acceptors (Lipinski definition) is 2. The molecule has 3 heteroatoms. The van der Waals surface area contributed by atoms with E-state index in [1.165, 1.54) is 102 Å². The lowest BCUT2D eigenvalue weighted by molar-refractivity contribution is 0.336. The third-order valence-electron chi connectivity index (χ3n) is 6.57. The van der Waals surface area contributed by atoms with Gasteiger partial charge in [0, 0.05) is 12.1 Å². The summed E-state index contributed by atoms with van der Waals surface area (Å²) >= 11 is 0. The summed E-state index contributed by atoms with van der Waals surface area (Å²) in [6.45, 7) is 6.68. The Morgan fingerprint density at radius 1 is 0.710 bits per heavy atom. The molecule has 0 spiro atoms. The molecule has 180 valence electrons. The van der Waals surface area contributed by atoms with Crippen LogP contribution in [0.25, 0.3) is 0 Å². The van der Waals surface area contributed by atoms with Crippen molar-refractivity contribution in [2.24, 2.45) is 0 Å². The smallest absolute Gasteiger partial charge is 0.194 e. The van der Waals surface area contributed by atoms with Gasteiger partial charge in [0.05, 0.1) is 6.04 Å². The minimum Gasteiger partial charge on any atom is -0.494 e. The van der Waals surface area contributed by atoms with Crippen molar-refractivity contribution < 1.29 is 10.2 Å². The van der Waals surface area contributed by atoms with E-state index in [0.29, 0.717) is 0 Å². The van der Waals surface area contributed by atoms with E-state index in [2.05, 4.69) is 26.8 Å². The van der Waals surface area contributed by atoms with Crippen LogP contribution in [0.1, 0.15) is 142 Å². The Kier molecular flexibility index (Phi) is 16.3. The molecule has 31 heavy (non-hydrogen) atoms. The first-order valence-corrected chi connectivity index (χ1v) is 13.4. The standard InChI is InChI=1S/C28H51NO2/c1-4-6-8-10-12-13-14-15-16-18-20-22-26(29-27(30)23-24-28(29)31)25(3)21-19-17-11-9-7-5-2/h21,23-24,26,30-31H,4-20,22H2,1-3H3. The number of aromatic nitrogens is 1. The first-order chi connectivity index (χ1) is 15.1. The molecule has 0 saturated carbocycles. The predicted molar refractivity (Wildman–Crippen MR) is 135 cm³/mol. The largest absolute Gasteiger partial charge is 0.494 e. The number of aromatic hydroxyl groups is 2. The molecule has 0 bridgehead atoms. The molecule has 0 amide bonds. The van der Waals surface area contributed by atoms with Crippen LogP contribution in [0, 0.1) is 0 Å². The second kappa shape index (κ2) is 18.2. The third kappa shape index (κ3) is 12.3. The van der Waals surface area contributed by atoms with E-state index in [9.17, 15) is 10.2 Å².